The smallest absolute Gasteiger partial charge is 0.326 e. The van der Waals surface area contributed by atoms with E-state index in [4.69, 9.17) is 5.11 Å². The fraction of sp³-hybridized carbons (Fsp3) is 0.385. The van der Waals surface area contributed by atoms with Crippen LogP contribution in [-0.2, 0) is 16.1 Å². The van der Waals surface area contributed by atoms with Crippen molar-refractivity contribution in [2.75, 3.05) is 0 Å². The number of carboxylic acid groups (broad SMARTS) is 1. The zero-order valence-corrected chi connectivity index (χ0v) is 12.4. The molecule has 2 aromatic heterocycles. The van der Waals surface area contributed by atoms with E-state index in [0.717, 1.165) is 0 Å². The third-order valence-electron chi connectivity index (χ3n) is 3.01. The monoisotopic (exact) mass is 309 g/mol. The van der Waals surface area contributed by atoms with Crippen LogP contribution in [0.2, 0.25) is 0 Å². The average Bonchev–Trinajstić information content (AvgIpc) is 2.87. The van der Waals surface area contributed by atoms with Crippen LogP contribution in [0.1, 0.15) is 13.8 Å². The molecule has 0 spiro atoms. The van der Waals surface area contributed by atoms with Gasteiger partial charge in [-0.15, -0.1) is 11.3 Å². The van der Waals surface area contributed by atoms with E-state index in [1.165, 1.54) is 22.2 Å². The number of carbonyl (C=O) groups is 2. The van der Waals surface area contributed by atoms with Gasteiger partial charge in [0.05, 0.1) is 11.7 Å². The van der Waals surface area contributed by atoms with Crippen LogP contribution < -0.4 is 10.9 Å². The first-order valence-electron chi connectivity index (χ1n) is 6.35. The molecule has 112 valence electrons. The molecule has 21 heavy (non-hydrogen) atoms. The van der Waals surface area contributed by atoms with Crippen molar-refractivity contribution in [3.05, 3.63) is 28.1 Å². The van der Waals surface area contributed by atoms with Crippen molar-refractivity contribution >= 4 is 33.4 Å². The Morgan fingerprint density at radius 3 is 2.81 bits per heavy atom. The quantitative estimate of drug-likeness (QED) is 0.846. The Morgan fingerprint density at radius 2 is 2.19 bits per heavy atom. The number of hydrogen-bond donors (Lipinski definition) is 2. The van der Waals surface area contributed by atoms with Gasteiger partial charge in [0, 0.05) is 0 Å². The first kappa shape index (κ1) is 15.2. The lowest BCUT2D eigenvalue weighted by atomic mass is 10.1. The summed E-state index contributed by atoms with van der Waals surface area (Å²) in [5, 5.41) is 13.6. The highest BCUT2D eigenvalue weighted by molar-refractivity contribution is 7.16. The number of amides is 1. The summed E-state index contributed by atoms with van der Waals surface area (Å²) in [6.45, 7) is 3.14. The number of aliphatic carboxylic acids is 1. The van der Waals surface area contributed by atoms with E-state index in [1.807, 2.05) is 0 Å². The van der Waals surface area contributed by atoms with Crippen LogP contribution in [0.3, 0.4) is 0 Å². The van der Waals surface area contributed by atoms with E-state index in [9.17, 15) is 14.4 Å². The van der Waals surface area contributed by atoms with Gasteiger partial charge in [0.25, 0.3) is 5.56 Å². The van der Waals surface area contributed by atoms with E-state index >= 15 is 0 Å². The minimum atomic E-state index is -1.10. The van der Waals surface area contributed by atoms with Gasteiger partial charge in [-0.25, -0.2) is 9.78 Å². The third-order valence-corrected chi connectivity index (χ3v) is 3.83. The largest absolute Gasteiger partial charge is 0.480 e. The van der Waals surface area contributed by atoms with Crippen molar-refractivity contribution in [2.45, 2.75) is 26.4 Å². The minimum absolute atomic E-state index is 0.249. The zero-order valence-electron chi connectivity index (χ0n) is 11.6. The van der Waals surface area contributed by atoms with E-state index in [0.29, 0.717) is 10.2 Å². The van der Waals surface area contributed by atoms with Crippen molar-refractivity contribution < 1.29 is 14.7 Å². The number of hydrogen-bond acceptors (Lipinski definition) is 5. The maximum absolute atomic E-state index is 12.1. The number of nitrogens with one attached hydrogen (secondary N) is 1. The van der Waals surface area contributed by atoms with E-state index < -0.39 is 17.9 Å². The van der Waals surface area contributed by atoms with Gasteiger partial charge in [0.1, 0.15) is 17.4 Å². The van der Waals surface area contributed by atoms with Crippen LogP contribution in [0.4, 0.5) is 0 Å². The summed E-state index contributed by atoms with van der Waals surface area (Å²) < 4.78 is 1.17. The molecule has 0 radical (unpaired) electrons. The molecule has 0 aromatic carbocycles. The number of aromatic nitrogens is 2. The molecule has 0 aliphatic rings. The molecule has 7 nitrogen and oxygen atoms in total. The van der Waals surface area contributed by atoms with Gasteiger partial charge < -0.3 is 10.4 Å². The number of carbonyl (C=O) groups excluding carboxylic acids is 1. The maximum atomic E-state index is 12.1. The number of fused-ring (bicyclic) bond motifs is 1. The first-order valence-corrected chi connectivity index (χ1v) is 7.23. The highest BCUT2D eigenvalue weighted by atomic mass is 32.1. The summed E-state index contributed by atoms with van der Waals surface area (Å²) in [5.41, 5.74) is -0.312. The number of nitrogens with zero attached hydrogens (tertiary/aromatic N) is 2. The van der Waals surface area contributed by atoms with Gasteiger partial charge in [-0.1, -0.05) is 13.8 Å². The highest BCUT2D eigenvalue weighted by Crippen LogP contribution is 2.13. The fourth-order valence-corrected chi connectivity index (χ4v) is 2.62. The van der Waals surface area contributed by atoms with Crippen molar-refractivity contribution in [1.82, 2.24) is 14.9 Å². The first-order chi connectivity index (χ1) is 9.90. The van der Waals surface area contributed by atoms with E-state index in [1.54, 1.807) is 25.3 Å². The van der Waals surface area contributed by atoms with Gasteiger partial charge in [0.15, 0.2) is 0 Å². The van der Waals surface area contributed by atoms with Gasteiger partial charge >= 0.3 is 5.97 Å². The van der Waals surface area contributed by atoms with Gasteiger partial charge in [-0.05, 0) is 17.4 Å². The van der Waals surface area contributed by atoms with Gasteiger partial charge in [-0.3, -0.25) is 14.2 Å². The second-order valence-corrected chi connectivity index (χ2v) is 5.84. The molecule has 8 heteroatoms. The number of carboxylic acids is 1. The van der Waals surface area contributed by atoms with Crippen molar-refractivity contribution in [3.63, 3.8) is 0 Å². The molecule has 0 fully saturated rings. The summed E-state index contributed by atoms with van der Waals surface area (Å²) in [4.78, 5) is 39.8. The highest BCUT2D eigenvalue weighted by Gasteiger charge is 2.23. The SMILES string of the molecule is CC(C)[C@H](NC(=O)Cn1cnc2sccc2c1=O)C(=O)O. The van der Waals surface area contributed by atoms with Gasteiger partial charge in [0.2, 0.25) is 5.91 Å². The lowest BCUT2D eigenvalue weighted by Gasteiger charge is -2.18. The Balaban J connectivity index is 2.16. The molecule has 2 rings (SSSR count). The molecule has 0 aliphatic heterocycles. The second kappa shape index (κ2) is 6.04. The Kier molecular flexibility index (Phi) is 4.37. The Hall–Kier alpha value is -2.22. The minimum Gasteiger partial charge on any atom is -0.480 e. The van der Waals surface area contributed by atoms with E-state index in [-0.39, 0.29) is 18.0 Å². The topological polar surface area (TPSA) is 101 Å². The molecule has 0 bridgehead atoms. The predicted molar refractivity (Wildman–Crippen MR) is 78.3 cm³/mol. The molecule has 0 saturated heterocycles. The summed E-state index contributed by atoms with van der Waals surface area (Å²) in [7, 11) is 0. The Morgan fingerprint density at radius 1 is 1.48 bits per heavy atom. The molecule has 0 aliphatic carbocycles. The van der Waals surface area contributed by atoms with E-state index in [2.05, 4.69) is 10.3 Å². The summed E-state index contributed by atoms with van der Waals surface area (Å²) in [6, 6.07) is 0.670. The summed E-state index contributed by atoms with van der Waals surface area (Å²) in [6.07, 6.45) is 1.30. The predicted octanol–water partition coefficient (Wildman–Crippen LogP) is 0.683. The summed E-state index contributed by atoms with van der Waals surface area (Å²) in [5.74, 6) is -1.88. The molecule has 1 amide bonds. The molecule has 2 N–H and O–H groups in total. The second-order valence-electron chi connectivity index (χ2n) is 4.94. The van der Waals surface area contributed by atoms with Crippen molar-refractivity contribution in [2.24, 2.45) is 5.92 Å². The maximum Gasteiger partial charge on any atom is 0.326 e. The Bertz CT molecular complexity index is 734. The van der Waals surface area contributed by atoms with Crippen LogP contribution in [0.25, 0.3) is 10.2 Å². The van der Waals surface area contributed by atoms with Crippen LogP contribution >= 0.6 is 11.3 Å². The molecule has 0 unspecified atom stereocenters. The number of rotatable bonds is 5. The lowest BCUT2D eigenvalue weighted by molar-refractivity contribution is -0.143. The molecule has 2 heterocycles. The normalized spacial score (nSPS) is 12.5. The van der Waals surface area contributed by atoms with Crippen LogP contribution in [-0.4, -0.2) is 32.6 Å². The Labute approximate surface area is 124 Å². The van der Waals surface area contributed by atoms with Gasteiger partial charge in [-0.2, -0.15) is 0 Å². The molecule has 0 saturated carbocycles. The molecular formula is C13H15N3O4S. The third kappa shape index (κ3) is 3.27. The van der Waals surface area contributed by atoms with Crippen molar-refractivity contribution in [1.29, 1.82) is 0 Å². The lowest BCUT2D eigenvalue weighted by Crippen LogP contribution is -2.46. The molecule has 2 aromatic rings. The fourth-order valence-electron chi connectivity index (χ4n) is 1.89. The standard InChI is InChI=1S/C13H15N3O4S/c1-7(2)10(13(19)20)15-9(17)5-16-6-14-11-8(12(16)18)3-4-21-11/h3-4,6-7,10H,5H2,1-2H3,(H,15,17)(H,19,20)/t10-/m0/s1. The zero-order chi connectivity index (χ0) is 15.6. The van der Waals surface area contributed by atoms with Crippen molar-refractivity contribution in [3.8, 4) is 0 Å². The molecular weight excluding hydrogens is 294 g/mol. The number of thiophene rings is 1. The average molecular weight is 309 g/mol. The van der Waals surface area contributed by atoms with Crippen LogP contribution in [0.5, 0.6) is 0 Å². The summed E-state index contributed by atoms with van der Waals surface area (Å²) >= 11 is 1.34. The van der Waals surface area contributed by atoms with Crippen LogP contribution in [0, 0.1) is 5.92 Å². The molecule has 1 atom stereocenters. The van der Waals surface area contributed by atoms with Crippen LogP contribution in [0.15, 0.2) is 22.6 Å².